The van der Waals surface area contributed by atoms with Gasteiger partial charge in [0.1, 0.15) is 57.0 Å². The van der Waals surface area contributed by atoms with Crippen LogP contribution in [0, 0.1) is 0 Å². The maximum atomic E-state index is 2.94. The van der Waals surface area contributed by atoms with E-state index in [9.17, 15) is 0 Å². The average Bonchev–Trinajstić information content (AvgIpc) is 3.40. The molecule has 0 bridgehead atoms. The Morgan fingerprint density at radius 2 is 0.269 bits per heavy atom. The van der Waals surface area contributed by atoms with Gasteiger partial charge in [0.15, 0.2) is 0 Å². The molecule has 333 valence electrons. The maximum absolute atomic E-state index is 2.94. The summed E-state index contributed by atoms with van der Waals surface area (Å²) in [6.45, 7) is 0. The van der Waals surface area contributed by atoms with Crippen LogP contribution in [0.2, 0.25) is 0 Å². The Hall–Kier alpha value is -4.34. The molecule has 10 aromatic rings. The number of rotatable bonds is 8. The maximum Gasteiger partial charge on any atom is 0.144 e. The van der Waals surface area contributed by atoms with Crippen molar-refractivity contribution in [2.75, 3.05) is 0 Å². The Balaban J connectivity index is 0.000000165. The van der Waals surface area contributed by atoms with Crippen LogP contribution in [0.4, 0.5) is 0 Å². The molecule has 7 heteroatoms. The van der Waals surface area contributed by atoms with E-state index in [-0.39, 0.29) is 17.1 Å². The first-order valence-electron chi connectivity index (χ1n) is 21.5. The van der Waals surface area contributed by atoms with Crippen molar-refractivity contribution in [3.63, 3.8) is 0 Å². The van der Waals surface area contributed by atoms with Crippen LogP contribution in [0.5, 0.6) is 0 Å². The second-order valence-electron chi connectivity index (χ2n) is 14.9. The van der Waals surface area contributed by atoms with Gasteiger partial charge in [-0.05, 0) is 97.1 Å². The third-order valence-electron chi connectivity index (χ3n) is 10.8. The smallest absolute Gasteiger partial charge is 0.0620 e. The Kier molecular flexibility index (Phi) is 21.0. The van der Waals surface area contributed by atoms with Gasteiger partial charge in [0.05, 0.1) is 0 Å². The Labute approximate surface area is 442 Å². The van der Waals surface area contributed by atoms with Crippen LogP contribution in [-0.2, 0) is 17.1 Å². The van der Waals surface area contributed by atoms with Crippen molar-refractivity contribution < 1.29 is 17.1 Å². The normalized spacial score (nSPS) is 10.5. The minimum atomic E-state index is -1.91. The van der Waals surface area contributed by atoms with Gasteiger partial charge in [-0.1, -0.05) is 146 Å². The van der Waals surface area contributed by atoms with Crippen molar-refractivity contribution >= 4 is 139 Å². The minimum Gasteiger partial charge on any atom is -0.0620 e. The van der Waals surface area contributed by atoms with Crippen molar-refractivity contribution in [3.05, 3.63) is 291 Å². The van der Waals surface area contributed by atoms with Crippen molar-refractivity contribution in [1.29, 1.82) is 0 Å². The third kappa shape index (κ3) is 13.1. The van der Waals surface area contributed by atoms with E-state index in [1.54, 1.807) is 0 Å². The second-order valence-corrected chi connectivity index (χ2v) is 25.4. The van der Waals surface area contributed by atoms with E-state index < -0.39 is 14.5 Å². The molecule has 67 heavy (non-hydrogen) atoms. The van der Waals surface area contributed by atoms with E-state index >= 15 is 0 Å². The SMILES string of the molecule is [Cu+2].[Se-]c1ccccc1[Se-].[Se-]c1ccccc1[Se-].c1ccc([P+](c2ccccc2)(c2ccccc2)c2ccccc2)cc1.c1ccc([P+](c2ccccc2)(c2ccccc2)c2ccccc2)cc1. The molecule has 0 N–H and O–H groups in total. The molecule has 0 fully saturated rings. The molecule has 0 aliphatic rings. The molecule has 0 heterocycles. The van der Waals surface area contributed by atoms with Crippen molar-refractivity contribution in [3.8, 4) is 0 Å². The molecule has 0 amide bonds. The topological polar surface area (TPSA) is 0 Å². The predicted molar refractivity (Wildman–Crippen MR) is 297 cm³/mol. The van der Waals surface area contributed by atoms with Gasteiger partial charge >= 0.3 is 147 Å². The summed E-state index contributed by atoms with van der Waals surface area (Å²) in [5.41, 5.74) is 0. The second kappa shape index (κ2) is 27.0. The van der Waals surface area contributed by atoms with Gasteiger partial charge in [-0.25, -0.2) is 0 Å². The fourth-order valence-electron chi connectivity index (χ4n) is 7.90. The minimum absolute atomic E-state index is 0. The van der Waals surface area contributed by atoms with E-state index in [4.69, 9.17) is 0 Å². The summed E-state index contributed by atoms with van der Waals surface area (Å²) in [4.78, 5) is 0. The first-order chi connectivity index (χ1) is 32.5. The van der Waals surface area contributed by atoms with Gasteiger partial charge in [-0.2, -0.15) is 0 Å². The monoisotopic (exact) mass is 1210 g/mol. The molecule has 0 aromatic heterocycles. The molecule has 0 aliphatic carbocycles. The Bertz CT molecular complexity index is 2360. The Morgan fingerprint density at radius 3 is 0.373 bits per heavy atom. The number of benzene rings is 10. The van der Waals surface area contributed by atoms with Crippen molar-refractivity contribution in [1.82, 2.24) is 0 Å². The quantitative estimate of drug-likeness (QED) is 0.112. The van der Waals surface area contributed by atoms with E-state index in [2.05, 4.69) is 307 Å². The summed E-state index contributed by atoms with van der Waals surface area (Å²) >= 11 is 11.8. The summed E-state index contributed by atoms with van der Waals surface area (Å²) in [5, 5.41) is 11.1. The van der Waals surface area contributed by atoms with Gasteiger partial charge in [-0.3, -0.25) is 0 Å². The van der Waals surface area contributed by atoms with Crippen LogP contribution >= 0.6 is 14.5 Å². The molecule has 10 rings (SSSR count). The number of hydrogen-bond donors (Lipinski definition) is 0. The van der Waals surface area contributed by atoms with Gasteiger partial charge < -0.3 is 0 Å². The number of hydrogen-bond acceptors (Lipinski definition) is 0. The van der Waals surface area contributed by atoms with E-state index in [0.717, 1.165) is 0 Å². The Morgan fingerprint density at radius 1 is 0.164 bits per heavy atom. The molecule has 1 radical (unpaired) electrons. The zero-order valence-corrected chi connectivity index (χ0v) is 46.1. The summed E-state index contributed by atoms with van der Waals surface area (Å²) in [7, 11) is -3.81. The van der Waals surface area contributed by atoms with Crippen molar-refractivity contribution in [2.45, 2.75) is 0 Å². The van der Waals surface area contributed by atoms with Gasteiger partial charge in [0, 0.05) is 0 Å². The predicted octanol–water partition coefficient (Wildman–Crippen LogP) is 7.16. The summed E-state index contributed by atoms with van der Waals surface area (Å²) < 4.78 is 4.75. The molecule has 0 nitrogen and oxygen atoms in total. The first kappa shape index (κ1) is 52.0. The summed E-state index contributed by atoms with van der Waals surface area (Å²) in [6.07, 6.45) is 0. The molecule has 0 aliphatic heterocycles. The molecular formula is C60H48CuP2Se4. The molecule has 0 saturated carbocycles. The van der Waals surface area contributed by atoms with E-state index in [0.29, 0.717) is 0 Å². The van der Waals surface area contributed by atoms with E-state index in [1.807, 2.05) is 48.5 Å². The molecule has 0 atom stereocenters. The van der Waals surface area contributed by atoms with E-state index in [1.165, 1.54) is 60.3 Å². The van der Waals surface area contributed by atoms with Gasteiger partial charge in [0.2, 0.25) is 0 Å². The van der Waals surface area contributed by atoms with Crippen LogP contribution in [-0.4, -0.2) is 64.1 Å². The molecule has 0 saturated heterocycles. The first-order valence-corrected chi connectivity index (χ1v) is 28.5. The van der Waals surface area contributed by atoms with Crippen LogP contribution in [0.15, 0.2) is 291 Å². The molecule has 0 spiro atoms. The van der Waals surface area contributed by atoms with Crippen molar-refractivity contribution in [2.24, 2.45) is 0 Å². The molecule has 0 unspecified atom stereocenters. The van der Waals surface area contributed by atoms with Crippen LogP contribution in [0.3, 0.4) is 0 Å². The average molecular weight is 1210 g/mol. The fraction of sp³-hybridized carbons (Fsp3) is 0. The van der Waals surface area contributed by atoms with Crippen LogP contribution < -0.4 is 60.3 Å². The molecular weight excluding hydrogens is 1160 g/mol. The van der Waals surface area contributed by atoms with Crippen LogP contribution in [0.25, 0.3) is 0 Å². The zero-order valence-electron chi connectivity index (χ0n) is 36.5. The zero-order chi connectivity index (χ0) is 45.9. The standard InChI is InChI=1S/2C24H20P.2C6H6Se2.Cu/c2*1-5-13-21(14-6-1)25(22-15-7-2-8-16-22,23-17-9-3-10-18-23)24-19-11-4-12-20-24;2*7-5-3-1-2-4-6(5)8;/h2*1-20H;2*1-4,7-8H;/q2*+1;;;+2/p-4. The summed E-state index contributed by atoms with van der Waals surface area (Å²) in [6, 6.07) is 104. The van der Waals surface area contributed by atoms with Crippen LogP contribution in [0.1, 0.15) is 0 Å². The van der Waals surface area contributed by atoms with Gasteiger partial charge in [-0.15, -0.1) is 0 Å². The molecule has 10 aromatic carbocycles. The van der Waals surface area contributed by atoms with Gasteiger partial charge in [0.25, 0.3) is 0 Å². The summed E-state index contributed by atoms with van der Waals surface area (Å²) in [5.74, 6) is 0. The largest absolute Gasteiger partial charge is 0.144 e. The fourth-order valence-corrected chi connectivity index (χ4v) is 17.7. The third-order valence-corrected chi connectivity index (χ3v) is 23.7.